The van der Waals surface area contributed by atoms with Crippen molar-refractivity contribution in [2.24, 2.45) is 0 Å². The molecule has 6 aromatic rings. The van der Waals surface area contributed by atoms with E-state index in [0.29, 0.717) is 32.4 Å². The van der Waals surface area contributed by atoms with E-state index >= 15 is 4.39 Å². The molecular weight excluding hydrogens is 642 g/mol. The van der Waals surface area contributed by atoms with Gasteiger partial charge in [0.2, 0.25) is 0 Å². The van der Waals surface area contributed by atoms with Gasteiger partial charge in [-0.05, 0) is 42.0 Å². The lowest BCUT2D eigenvalue weighted by atomic mass is 9.97. The molecule has 0 saturated carbocycles. The minimum Gasteiger partial charge on any atom is -0.246 e. The molecule has 0 aliphatic carbocycles. The Morgan fingerprint density at radius 2 is 1.11 bits per heavy atom. The van der Waals surface area contributed by atoms with Crippen LogP contribution in [0.15, 0.2) is 72.8 Å². The number of fused-ring (bicyclic) bond motifs is 1. The minimum absolute atomic E-state index is 0.0155. The van der Waals surface area contributed by atoms with Crippen molar-refractivity contribution in [1.29, 1.82) is 0 Å². The fourth-order valence-electron chi connectivity index (χ4n) is 4.95. The van der Waals surface area contributed by atoms with E-state index in [1.165, 1.54) is 35.7 Å². The highest BCUT2D eigenvalue weighted by Gasteiger charge is 2.56. The zero-order chi connectivity index (χ0) is 31.2. The molecule has 0 bridgehead atoms. The molecule has 0 unspecified atom stereocenters. The molecule has 0 amide bonds. The number of rotatable bonds is 9. The third-order valence-electron chi connectivity index (χ3n) is 7.23. The van der Waals surface area contributed by atoms with E-state index in [2.05, 4.69) is 8.75 Å². The molecule has 0 saturated heterocycles. The third kappa shape index (κ3) is 5.33. The van der Waals surface area contributed by atoms with Crippen LogP contribution in [0.3, 0.4) is 0 Å². The van der Waals surface area contributed by atoms with Gasteiger partial charge in [-0.3, -0.25) is 0 Å². The molecule has 0 fully saturated rings. The van der Waals surface area contributed by atoms with Crippen molar-refractivity contribution in [2.75, 3.05) is 0 Å². The number of alkyl halides is 5. The molecule has 3 aromatic heterocycles. The summed E-state index contributed by atoms with van der Waals surface area (Å²) in [5, 5.41) is 0. The van der Waals surface area contributed by atoms with Gasteiger partial charge in [-0.2, -0.15) is 26.3 Å². The van der Waals surface area contributed by atoms with Crippen molar-refractivity contribution < 1.29 is 30.7 Å². The largest absolute Gasteiger partial charge is 0.335 e. The fraction of sp³-hybridized carbons (Fsp3) is 0.188. The van der Waals surface area contributed by atoms with Crippen molar-refractivity contribution >= 4 is 45.4 Å². The Kier molecular flexibility index (Phi) is 8.10. The number of thiophene rings is 2. The molecule has 2 nitrogen and oxygen atoms in total. The van der Waals surface area contributed by atoms with Gasteiger partial charge < -0.3 is 0 Å². The summed E-state index contributed by atoms with van der Waals surface area (Å²) in [5.41, 5.74) is 2.30. The van der Waals surface area contributed by atoms with Crippen LogP contribution in [0.4, 0.5) is 30.7 Å². The van der Waals surface area contributed by atoms with Crippen molar-refractivity contribution in [1.82, 2.24) is 8.75 Å². The summed E-state index contributed by atoms with van der Waals surface area (Å²) in [7, 11) is 0. The van der Waals surface area contributed by atoms with E-state index in [1.54, 1.807) is 30.3 Å². The Balaban J connectivity index is 1.31. The first-order valence-corrected chi connectivity index (χ1v) is 15.8. The highest BCUT2D eigenvalue weighted by Crippen LogP contribution is 2.47. The maximum Gasteiger partial charge on any atom is 0.335 e. The Morgan fingerprint density at radius 3 is 1.59 bits per heavy atom. The first kappa shape index (κ1) is 30.4. The molecule has 0 aliphatic rings. The summed E-state index contributed by atoms with van der Waals surface area (Å²) < 4.78 is 109. The summed E-state index contributed by atoms with van der Waals surface area (Å²) in [6.45, 7) is 0.629. The number of hydrogen-bond acceptors (Lipinski definition) is 5. The van der Waals surface area contributed by atoms with Crippen molar-refractivity contribution in [3.63, 3.8) is 0 Å². The number of benzene rings is 3. The van der Waals surface area contributed by atoms with E-state index in [-0.39, 0.29) is 17.5 Å². The van der Waals surface area contributed by atoms with Crippen LogP contribution in [0, 0.1) is 11.6 Å². The molecular formula is C32H21F7N2S3. The Bertz CT molecular complexity index is 1980. The standard InChI is InChI=1S/C32H21F7N2S3/c1-2-13-31(36,37)32(38,39)18-4-6-20(24(35)15-18)26-10-12-28(43-26)22-8-7-21(29-30(22)41-44-40-29)27-11-9-25(42-27)19-5-3-17(16-33)14-23(19)34/h3-12,14-15H,2,13,16H2,1H3. The van der Waals surface area contributed by atoms with Crippen LogP contribution in [0.5, 0.6) is 0 Å². The van der Waals surface area contributed by atoms with Gasteiger partial charge in [-0.15, -0.1) is 22.7 Å². The zero-order valence-electron chi connectivity index (χ0n) is 22.8. The highest BCUT2D eigenvalue weighted by molar-refractivity contribution is 7.19. The Hall–Kier alpha value is -3.61. The van der Waals surface area contributed by atoms with Gasteiger partial charge in [0.1, 0.15) is 29.3 Å². The third-order valence-corrected chi connectivity index (χ3v) is 10.1. The van der Waals surface area contributed by atoms with E-state index in [9.17, 15) is 26.3 Å². The van der Waals surface area contributed by atoms with Gasteiger partial charge in [0.25, 0.3) is 0 Å². The van der Waals surface area contributed by atoms with E-state index in [4.69, 9.17) is 0 Å². The first-order valence-electron chi connectivity index (χ1n) is 13.4. The van der Waals surface area contributed by atoms with Crippen molar-refractivity contribution in [2.45, 2.75) is 38.3 Å². The monoisotopic (exact) mass is 662 g/mol. The molecule has 3 heterocycles. The van der Waals surface area contributed by atoms with Gasteiger partial charge in [0.05, 0.1) is 11.7 Å². The average molecular weight is 663 g/mol. The van der Waals surface area contributed by atoms with Crippen LogP contribution in [-0.2, 0) is 12.6 Å². The van der Waals surface area contributed by atoms with E-state index in [0.717, 1.165) is 44.7 Å². The zero-order valence-corrected chi connectivity index (χ0v) is 25.3. The number of aromatic nitrogens is 2. The van der Waals surface area contributed by atoms with Crippen LogP contribution in [0.1, 0.15) is 30.9 Å². The van der Waals surface area contributed by atoms with E-state index in [1.807, 2.05) is 18.2 Å². The summed E-state index contributed by atoms with van der Waals surface area (Å²) in [6.07, 6.45) is -1.16. The van der Waals surface area contributed by atoms with E-state index < -0.39 is 42.1 Å². The molecule has 12 heteroatoms. The van der Waals surface area contributed by atoms with Crippen LogP contribution >= 0.6 is 34.4 Å². The highest BCUT2D eigenvalue weighted by atomic mass is 32.1. The van der Waals surface area contributed by atoms with Crippen LogP contribution in [0.25, 0.3) is 52.8 Å². The quantitative estimate of drug-likeness (QED) is 0.144. The summed E-state index contributed by atoms with van der Waals surface area (Å²) in [5.74, 6) is -10.3. The van der Waals surface area contributed by atoms with Crippen molar-refractivity contribution in [3.8, 4) is 41.8 Å². The molecule has 3 aromatic carbocycles. The van der Waals surface area contributed by atoms with Crippen LogP contribution < -0.4 is 0 Å². The van der Waals surface area contributed by atoms with Crippen molar-refractivity contribution in [3.05, 3.63) is 95.6 Å². The molecule has 0 N–H and O–H groups in total. The molecule has 44 heavy (non-hydrogen) atoms. The lowest BCUT2D eigenvalue weighted by Gasteiger charge is -2.26. The summed E-state index contributed by atoms with van der Waals surface area (Å²) in [4.78, 5) is 2.64. The lowest BCUT2D eigenvalue weighted by molar-refractivity contribution is -0.219. The molecule has 0 aliphatic heterocycles. The molecule has 0 spiro atoms. The molecule has 6 rings (SSSR count). The minimum atomic E-state index is -4.51. The number of nitrogens with zero attached hydrogens (tertiary/aromatic N) is 2. The van der Waals surface area contributed by atoms with Crippen LogP contribution in [-0.4, -0.2) is 14.7 Å². The predicted molar refractivity (Wildman–Crippen MR) is 163 cm³/mol. The average Bonchev–Trinajstić information content (AvgIpc) is 3.78. The van der Waals surface area contributed by atoms with Gasteiger partial charge in [0, 0.05) is 53.7 Å². The fourth-order valence-corrected chi connectivity index (χ4v) is 7.65. The van der Waals surface area contributed by atoms with Gasteiger partial charge in [-0.1, -0.05) is 49.7 Å². The Labute approximate surface area is 259 Å². The normalized spacial score (nSPS) is 12.4. The summed E-state index contributed by atoms with van der Waals surface area (Å²) >= 11 is 3.58. The maximum absolute atomic E-state index is 15.1. The predicted octanol–water partition coefficient (Wildman–Crippen LogP) is 11.8. The second-order valence-corrected chi connectivity index (χ2v) is 12.8. The maximum atomic E-state index is 15.1. The smallest absolute Gasteiger partial charge is 0.246 e. The topological polar surface area (TPSA) is 25.8 Å². The Morgan fingerprint density at radius 1 is 0.636 bits per heavy atom. The van der Waals surface area contributed by atoms with Gasteiger partial charge in [-0.25, -0.2) is 13.2 Å². The molecule has 226 valence electrons. The second-order valence-electron chi connectivity index (χ2n) is 10.1. The number of hydrogen-bond donors (Lipinski definition) is 0. The second kappa shape index (κ2) is 11.7. The summed E-state index contributed by atoms with van der Waals surface area (Å²) in [6, 6.07) is 17.4. The van der Waals surface area contributed by atoms with Crippen LogP contribution in [0.2, 0.25) is 0 Å². The number of halogens is 7. The molecule has 0 atom stereocenters. The molecule has 0 radical (unpaired) electrons. The van der Waals surface area contributed by atoms with Gasteiger partial charge in [0.15, 0.2) is 0 Å². The lowest BCUT2D eigenvalue weighted by Crippen LogP contribution is -2.37. The SMILES string of the molecule is CCCC(F)(F)C(F)(F)c1ccc(-c2ccc(-c3ccc(-c4ccc(-c5ccc(CF)cc5F)s4)c4nsnc34)s2)c(F)c1. The first-order chi connectivity index (χ1) is 21.0. The van der Waals surface area contributed by atoms with Gasteiger partial charge >= 0.3 is 11.8 Å².